The van der Waals surface area contributed by atoms with Crippen molar-refractivity contribution in [1.82, 2.24) is 35.7 Å². The molecule has 0 saturated carbocycles. The number of rotatable bonds is 4. The Bertz CT molecular complexity index is 1170. The Balaban J connectivity index is 1.28. The molecule has 2 N–H and O–H groups in total. The van der Waals surface area contributed by atoms with E-state index in [9.17, 15) is 0 Å². The molecule has 0 amide bonds. The number of nitrogens with zero attached hydrogens (tertiary/aromatic N) is 6. The van der Waals surface area contributed by atoms with Gasteiger partial charge < -0.3 is 10.2 Å². The average Bonchev–Trinajstić information content (AvgIpc) is 3.50. The first-order chi connectivity index (χ1) is 15.3. The molecule has 9 heteroatoms. The van der Waals surface area contributed by atoms with Gasteiger partial charge in [-0.3, -0.25) is 5.10 Å². The summed E-state index contributed by atoms with van der Waals surface area (Å²) in [5.74, 6) is 0.698. The van der Waals surface area contributed by atoms with Crippen LogP contribution < -0.4 is 10.2 Å². The van der Waals surface area contributed by atoms with Crippen LogP contribution in [0.1, 0.15) is 32.1 Å². The van der Waals surface area contributed by atoms with Crippen molar-refractivity contribution in [3.63, 3.8) is 0 Å². The van der Waals surface area contributed by atoms with Gasteiger partial charge in [-0.25, -0.2) is 9.97 Å². The zero-order valence-corrected chi connectivity index (χ0v) is 18.1. The molecule has 2 bridgehead atoms. The number of fused-ring (bicyclic) bond motifs is 3. The summed E-state index contributed by atoms with van der Waals surface area (Å²) in [5.41, 5.74) is 6.68. The van der Waals surface area contributed by atoms with E-state index in [4.69, 9.17) is 0 Å². The smallest absolute Gasteiger partial charge is 0.245 e. The molecule has 31 heavy (non-hydrogen) atoms. The van der Waals surface area contributed by atoms with Crippen LogP contribution in [-0.2, 0) is 0 Å². The van der Waals surface area contributed by atoms with Gasteiger partial charge >= 0.3 is 0 Å². The van der Waals surface area contributed by atoms with Gasteiger partial charge in [0.15, 0.2) is 0 Å². The Morgan fingerprint density at radius 3 is 2.61 bits per heavy atom. The summed E-state index contributed by atoms with van der Waals surface area (Å²) >= 11 is 1.61. The van der Waals surface area contributed by atoms with Crippen LogP contribution in [0.3, 0.4) is 0 Å². The van der Waals surface area contributed by atoms with E-state index in [1.54, 1.807) is 11.3 Å². The van der Waals surface area contributed by atoms with Crippen LogP contribution >= 0.6 is 11.3 Å². The third-order valence-electron chi connectivity index (χ3n) is 6.67. The predicted octanol–water partition coefficient (Wildman–Crippen LogP) is 3.65. The summed E-state index contributed by atoms with van der Waals surface area (Å²) < 4.78 is 1.09. The number of thiazole rings is 1. The Morgan fingerprint density at radius 2 is 1.87 bits per heavy atom. The number of H-pyrrole nitrogens is 1. The first-order valence-corrected chi connectivity index (χ1v) is 11.7. The molecule has 2 aliphatic rings. The molecule has 2 unspecified atom stereocenters. The molecule has 1 aromatic carbocycles. The summed E-state index contributed by atoms with van der Waals surface area (Å²) in [6, 6.07) is 5.86. The van der Waals surface area contributed by atoms with Crippen LogP contribution in [0.2, 0.25) is 0 Å². The quantitative estimate of drug-likeness (QED) is 0.508. The molecule has 0 spiro atoms. The highest BCUT2D eigenvalue weighted by atomic mass is 32.1. The van der Waals surface area contributed by atoms with Crippen molar-refractivity contribution in [2.75, 3.05) is 11.9 Å². The monoisotopic (exact) mass is 432 g/mol. The van der Waals surface area contributed by atoms with E-state index in [1.165, 1.54) is 19.3 Å². The molecule has 4 aromatic rings. The minimum absolute atomic E-state index is 0.464. The lowest BCUT2D eigenvalue weighted by atomic mass is 9.83. The summed E-state index contributed by atoms with van der Waals surface area (Å²) in [6.07, 6.45) is 11.7. The summed E-state index contributed by atoms with van der Waals surface area (Å²) in [4.78, 5) is 11.5. The van der Waals surface area contributed by atoms with Crippen LogP contribution in [-0.4, -0.2) is 55.5 Å². The molecular formula is C22H24N8S. The van der Waals surface area contributed by atoms with Crippen molar-refractivity contribution in [3.05, 3.63) is 36.2 Å². The van der Waals surface area contributed by atoms with Gasteiger partial charge in [-0.05, 0) is 25.7 Å². The largest absolute Gasteiger partial charge is 0.339 e. The second kappa shape index (κ2) is 7.65. The normalized spacial score (nSPS) is 23.2. The fourth-order valence-electron chi connectivity index (χ4n) is 5.05. The molecular weight excluding hydrogens is 408 g/mol. The van der Waals surface area contributed by atoms with E-state index >= 15 is 0 Å². The number of aromatic amines is 1. The summed E-state index contributed by atoms with van der Waals surface area (Å²) in [7, 11) is 2.10. The van der Waals surface area contributed by atoms with Gasteiger partial charge in [0.25, 0.3) is 0 Å². The first-order valence-electron chi connectivity index (χ1n) is 10.8. The van der Waals surface area contributed by atoms with Crippen molar-refractivity contribution < 1.29 is 0 Å². The van der Waals surface area contributed by atoms with Crippen molar-refractivity contribution in [1.29, 1.82) is 0 Å². The van der Waals surface area contributed by atoms with Crippen molar-refractivity contribution in [3.8, 4) is 22.4 Å². The van der Waals surface area contributed by atoms with E-state index in [0.717, 1.165) is 45.4 Å². The number of piperidine rings is 2. The standard InChI is InChI=1S/C22H24N8S/c1-30(16-7-14-3-2-4-15(8-16)27-14)22-23-11-19(28-29-22)18-6-5-17(13-9-25-26-10-13)20-21(18)31-12-24-20/h5-6,9-12,14-16,27H,2-4,7-8H2,1H3,(H,25,26). The number of hydrogen-bond acceptors (Lipinski definition) is 8. The lowest BCUT2D eigenvalue weighted by Gasteiger charge is -2.43. The number of anilines is 1. The molecule has 158 valence electrons. The van der Waals surface area contributed by atoms with Crippen molar-refractivity contribution >= 4 is 27.5 Å². The van der Waals surface area contributed by atoms with Gasteiger partial charge in [-0.15, -0.1) is 21.5 Å². The average molecular weight is 433 g/mol. The number of hydrogen-bond donors (Lipinski definition) is 2. The number of aromatic nitrogens is 6. The third kappa shape index (κ3) is 3.37. The van der Waals surface area contributed by atoms with E-state index in [-0.39, 0.29) is 0 Å². The van der Waals surface area contributed by atoms with Crippen LogP contribution in [0.4, 0.5) is 5.95 Å². The SMILES string of the molecule is CN(c1ncc(-c2ccc(-c3cn[nH]c3)c3ncsc23)nn1)C1CC2CCCC(C1)N2. The van der Waals surface area contributed by atoms with E-state index in [1.807, 2.05) is 24.1 Å². The molecule has 2 atom stereocenters. The van der Waals surface area contributed by atoms with Gasteiger partial charge in [0, 0.05) is 48.1 Å². The molecule has 8 nitrogen and oxygen atoms in total. The van der Waals surface area contributed by atoms with E-state index in [0.29, 0.717) is 24.1 Å². The molecule has 6 rings (SSSR count). The minimum Gasteiger partial charge on any atom is -0.339 e. The van der Waals surface area contributed by atoms with Gasteiger partial charge in [0.2, 0.25) is 5.95 Å². The maximum atomic E-state index is 4.69. The van der Waals surface area contributed by atoms with Gasteiger partial charge in [-0.1, -0.05) is 18.6 Å². The highest BCUT2D eigenvalue weighted by Crippen LogP contribution is 2.36. The Kier molecular flexibility index (Phi) is 4.65. The summed E-state index contributed by atoms with van der Waals surface area (Å²) in [6.45, 7) is 0. The topological polar surface area (TPSA) is 95.5 Å². The Morgan fingerprint density at radius 1 is 1.03 bits per heavy atom. The number of nitrogens with one attached hydrogen (secondary N) is 2. The van der Waals surface area contributed by atoms with Crippen LogP contribution in [0.15, 0.2) is 36.2 Å². The molecule has 2 aliphatic heterocycles. The summed E-state index contributed by atoms with van der Waals surface area (Å²) in [5, 5.41) is 19.7. The fourth-order valence-corrected chi connectivity index (χ4v) is 5.89. The number of benzene rings is 1. The van der Waals surface area contributed by atoms with Gasteiger partial charge in [-0.2, -0.15) is 5.10 Å². The molecule has 0 aliphatic carbocycles. The second-order valence-electron chi connectivity index (χ2n) is 8.55. The van der Waals surface area contributed by atoms with E-state index < -0.39 is 0 Å². The Labute approximate surface area is 184 Å². The van der Waals surface area contributed by atoms with Crippen LogP contribution in [0.5, 0.6) is 0 Å². The van der Waals surface area contributed by atoms with Crippen molar-refractivity contribution in [2.24, 2.45) is 0 Å². The van der Waals surface area contributed by atoms with Gasteiger partial charge in [0.1, 0.15) is 5.69 Å². The maximum absolute atomic E-state index is 4.69. The van der Waals surface area contributed by atoms with E-state index in [2.05, 4.69) is 59.8 Å². The van der Waals surface area contributed by atoms with Crippen molar-refractivity contribution in [2.45, 2.75) is 50.2 Å². The fraction of sp³-hybridized carbons (Fsp3) is 0.409. The van der Waals surface area contributed by atoms with Gasteiger partial charge in [0.05, 0.1) is 28.1 Å². The predicted molar refractivity (Wildman–Crippen MR) is 122 cm³/mol. The Hall–Kier alpha value is -2.91. The highest BCUT2D eigenvalue weighted by molar-refractivity contribution is 7.17. The molecule has 5 heterocycles. The zero-order valence-electron chi connectivity index (χ0n) is 17.3. The molecule has 3 aromatic heterocycles. The van der Waals surface area contributed by atoms with Crippen LogP contribution in [0.25, 0.3) is 32.6 Å². The maximum Gasteiger partial charge on any atom is 0.245 e. The lowest BCUT2D eigenvalue weighted by molar-refractivity contribution is 0.218. The molecule has 0 radical (unpaired) electrons. The third-order valence-corrected chi connectivity index (χ3v) is 7.53. The highest BCUT2D eigenvalue weighted by Gasteiger charge is 2.33. The zero-order chi connectivity index (χ0) is 20.8. The lowest BCUT2D eigenvalue weighted by Crippen LogP contribution is -2.54. The molecule has 2 fully saturated rings. The molecule has 2 saturated heterocycles. The first kappa shape index (κ1) is 18.8. The van der Waals surface area contributed by atoms with Crippen LogP contribution in [0, 0.1) is 0 Å². The second-order valence-corrected chi connectivity index (χ2v) is 9.40. The minimum atomic E-state index is 0.464.